The van der Waals surface area contributed by atoms with E-state index in [4.69, 9.17) is 5.73 Å². The van der Waals surface area contributed by atoms with E-state index in [9.17, 15) is 18.3 Å². The highest BCUT2D eigenvalue weighted by atomic mass is 19.3. The van der Waals surface area contributed by atoms with Gasteiger partial charge in [-0.2, -0.15) is 8.78 Å². The van der Waals surface area contributed by atoms with Crippen molar-refractivity contribution < 1.29 is 23.0 Å². The first-order valence-electron chi connectivity index (χ1n) is 6.30. The van der Waals surface area contributed by atoms with Gasteiger partial charge in [-0.15, -0.1) is 0 Å². The minimum atomic E-state index is -3.11. The molecule has 0 aromatic heterocycles. The lowest BCUT2D eigenvalue weighted by Crippen LogP contribution is -2.46. The molecule has 7 heteroatoms. The van der Waals surface area contributed by atoms with Gasteiger partial charge >= 0.3 is 6.61 Å². The standard InChI is InChI=1S/C13H17F3N2O2/c1-13(19)3-2-4-18(7-13)10-6-11(20-12(15)16)8(14)5-9(10)17/h5-6,12,19H,2-4,7,17H2,1H3. The van der Waals surface area contributed by atoms with Crippen molar-refractivity contribution in [3.05, 3.63) is 17.9 Å². The molecule has 0 saturated carbocycles. The number of ether oxygens (including phenoxy) is 1. The fraction of sp³-hybridized carbons (Fsp3) is 0.538. The summed E-state index contributed by atoms with van der Waals surface area (Å²) in [6.07, 6.45) is 1.37. The molecule has 1 aromatic rings. The van der Waals surface area contributed by atoms with Crippen molar-refractivity contribution >= 4 is 11.4 Å². The topological polar surface area (TPSA) is 58.7 Å². The first kappa shape index (κ1) is 14.8. The molecule has 0 bridgehead atoms. The Bertz CT molecular complexity index is 495. The SMILES string of the molecule is CC1(O)CCCN(c2cc(OC(F)F)c(F)cc2N)C1. The van der Waals surface area contributed by atoms with E-state index >= 15 is 0 Å². The van der Waals surface area contributed by atoms with Crippen LogP contribution in [0.3, 0.4) is 0 Å². The van der Waals surface area contributed by atoms with Gasteiger partial charge in [0.05, 0.1) is 17.0 Å². The molecule has 1 unspecified atom stereocenters. The molecule has 0 spiro atoms. The van der Waals surface area contributed by atoms with E-state index in [1.807, 2.05) is 0 Å². The monoisotopic (exact) mass is 290 g/mol. The van der Waals surface area contributed by atoms with Crippen LogP contribution in [0.4, 0.5) is 24.5 Å². The van der Waals surface area contributed by atoms with Gasteiger partial charge in [-0.25, -0.2) is 4.39 Å². The molecule has 1 fully saturated rings. The normalized spacial score (nSPS) is 23.2. The predicted octanol–water partition coefficient (Wildman–Crippen LogP) is 2.36. The highest BCUT2D eigenvalue weighted by molar-refractivity contribution is 5.70. The van der Waals surface area contributed by atoms with Crippen molar-refractivity contribution in [1.29, 1.82) is 0 Å². The van der Waals surface area contributed by atoms with Gasteiger partial charge in [0, 0.05) is 25.2 Å². The Morgan fingerprint density at radius 3 is 2.75 bits per heavy atom. The molecule has 0 aliphatic carbocycles. The van der Waals surface area contributed by atoms with Crippen LogP contribution in [0.2, 0.25) is 0 Å². The average Bonchev–Trinajstić information content (AvgIpc) is 2.30. The third-order valence-electron chi connectivity index (χ3n) is 3.31. The third-order valence-corrected chi connectivity index (χ3v) is 3.31. The van der Waals surface area contributed by atoms with E-state index in [-0.39, 0.29) is 5.69 Å². The van der Waals surface area contributed by atoms with E-state index in [0.29, 0.717) is 25.2 Å². The summed E-state index contributed by atoms with van der Waals surface area (Å²) in [5.74, 6) is -1.48. The predicted molar refractivity (Wildman–Crippen MR) is 69.5 cm³/mol. The molecule has 4 nitrogen and oxygen atoms in total. The molecule has 3 N–H and O–H groups in total. The Morgan fingerprint density at radius 2 is 2.15 bits per heavy atom. The lowest BCUT2D eigenvalue weighted by Gasteiger charge is -2.38. The van der Waals surface area contributed by atoms with Crippen molar-refractivity contribution in [3.8, 4) is 5.75 Å². The third kappa shape index (κ3) is 3.27. The first-order valence-corrected chi connectivity index (χ1v) is 6.30. The van der Waals surface area contributed by atoms with E-state index in [1.165, 1.54) is 0 Å². The zero-order valence-corrected chi connectivity index (χ0v) is 11.1. The van der Waals surface area contributed by atoms with Gasteiger partial charge in [-0.3, -0.25) is 0 Å². The van der Waals surface area contributed by atoms with Gasteiger partial charge in [-0.1, -0.05) is 0 Å². The number of halogens is 3. The van der Waals surface area contributed by atoms with Crippen LogP contribution >= 0.6 is 0 Å². The zero-order valence-electron chi connectivity index (χ0n) is 11.1. The maximum absolute atomic E-state index is 13.5. The number of hydrogen-bond acceptors (Lipinski definition) is 4. The molecule has 1 aromatic carbocycles. The van der Waals surface area contributed by atoms with Crippen LogP contribution in [0.5, 0.6) is 5.75 Å². The summed E-state index contributed by atoms with van der Waals surface area (Å²) in [6.45, 7) is -0.502. The van der Waals surface area contributed by atoms with Crippen LogP contribution in [0.25, 0.3) is 0 Å². The molecule has 0 radical (unpaired) electrons. The summed E-state index contributed by atoms with van der Waals surface area (Å²) in [6, 6.07) is 2.11. The van der Waals surface area contributed by atoms with Crippen molar-refractivity contribution in [2.75, 3.05) is 23.7 Å². The van der Waals surface area contributed by atoms with Crippen LogP contribution in [-0.4, -0.2) is 30.4 Å². The molecule has 1 aliphatic heterocycles. The van der Waals surface area contributed by atoms with Gasteiger partial charge in [0.1, 0.15) is 0 Å². The highest BCUT2D eigenvalue weighted by Gasteiger charge is 2.30. The molecule has 20 heavy (non-hydrogen) atoms. The van der Waals surface area contributed by atoms with E-state index < -0.39 is 23.8 Å². The summed E-state index contributed by atoms with van der Waals surface area (Å²) < 4.78 is 42.1. The van der Waals surface area contributed by atoms with Gasteiger partial charge in [0.15, 0.2) is 11.6 Å². The number of nitrogens with two attached hydrogens (primary N) is 1. The molecule has 112 valence electrons. The summed E-state index contributed by atoms with van der Waals surface area (Å²) >= 11 is 0. The number of nitrogens with zero attached hydrogens (tertiary/aromatic N) is 1. The number of alkyl halides is 2. The Labute approximate surface area is 114 Å². The summed E-state index contributed by atoms with van der Waals surface area (Å²) in [4.78, 5) is 1.75. The van der Waals surface area contributed by atoms with Crippen LogP contribution in [-0.2, 0) is 0 Å². The number of nitrogen functional groups attached to an aromatic ring is 1. The number of rotatable bonds is 3. The lowest BCUT2D eigenvalue weighted by atomic mass is 9.94. The molecule has 0 amide bonds. The molecular formula is C13H17F3N2O2. The molecule has 1 aliphatic rings. The Morgan fingerprint density at radius 1 is 1.45 bits per heavy atom. The number of aliphatic hydroxyl groups is 1. The number of hydrogen-bond donors (Lipinski definition) is 2. The number of benzene rings is 1. The lowest BCUT2D eigenvalue weighted by molar-refractivity contribution is -0.0521. The Balaban J connectivity index is 2.31. The summed E-state index contributed by atoms with van der Waals surface area (Å²) in [5, 5.41) is 10.1. The quantitative estimate of drug-likeness (QED) is 0.839. The van der Waals surface area contributed by atoms with E-state index in [0.717, 1.165) is 18.6 Å². The van der Waals surface area contributed by atoms with Gasteiger partial charge in [0.25, 0.3) is 0 Å². The van der Waals surface area contributed by atoms with Crippen LogP contribution in [0.15, 0.2) is 12.1 Å². The number of piperidine rings is 1. The second kappa shape index (κ2) is 5.40. The smallest absolute Gasteiger partial charge is 0.387 e. The molecular weight excluding hydrogens is 273 g/mol. The summed E-state index contributed by atoms with van der Waals surface area (Å²) in [5.41, 5.74) is 5.37. The number of β-amino-alcohol motifs (C(OH)–C–C–N with tert-alkyl or cyclic N) is 1. The van der Waals surface area contributed by atoms with Crippen molar-refractivity contribution in [2.24, 2.45) is 0 Å². The minimum Gasteiger partial charge on any atom is -0.432 e. The maximum Gasteiger partial charge on any atom is 0.387 e. The second-order valence-electron chi connectivity index (χ2n) is 5.24. The molecule has 1 heterocycles. The summed E-state index contributed by atoms with van der Waals surface area (Å²) in [7, 11) is 0. The Kier molecular flexibility index (Phi) is 3.99. The molecule has 2 rings (SSSR count). The van der Waals surface area contributed by atoms with Gasteiger partial charge < -0.3 is 20.5 Å². The second-order valence-corrected chi connectivity index (χ2v) is 5.24. The first-order chi connectivity index (χ1) is 9.28. The van der Waals surface area contributed by atoms with Crippen LogP contribution in [0, 0.1) is 5.82 Å². The van der Waals surface area contributed by atoms with E-state index in [2.05, 4.69) is 4.74 Å². The fourth-order valence-electron chi connectivity index (χ4n) is 2.44. The van der Waals surface area contributed by atoms with E-state index in [1.54, 1.807) is 11.8 Å². The van der Waals surface area contributed by atoms with Gasteiger partial charge in [0.2, 0.25) is 0 Å². The largest absolute Gasteiger partial charge is 0.432 e. The van der Waals surface area contributed by atoms with Crippen molar-refractivity contribution in [1.82, 2.24) is 0 Å². The maximum atomic E-state index is 13.5. The van der Waals surface area contributed by atoms with Crippen molar-refractivity contribution in [2.45, 2.75) is 32.0 Å². The van der Waals surface area contributed by atoms with Crippen LogP contribution in [0.1, 0.15) is 19.8 Å². The van der Waals surface area contributed by atoms with Crippen LogP contribution < -0.4 is 15.4 Å². The minimum absolute atomic E-state index is 0.127. The average molecular weight is 290 g/mol. The highest BCUT2D eigenvalue weighted by Crippen LogP contribution is 2.34. The van der Waals surface area contributed by atoms with Gasteiger partial charge in [-0.05, 0) is 19.8 Å². The molecule has 1 atom stereocenters. The van der Waals surface area contributed by atoms with Crippen molar-refractivity contribution in [3.63, 3.8) is 0 Å². The number of anilines is 2. The fourth-order valence-corrected chi connectivity index (χ4v) is 2.44. The zero-order chi connectivity index (χ0) is 14.9. The molecule has 1 saturated heterocycles. The Hall–Kier alpha value is -1.63.